The monoisotopic (exact) mass is 182 g/mol. The zero-order valence-corrected chi connectivity index (χ0v) is 7.54. The third-order valence-corrected chi connectivity index (χ3v) is 1.62. The third kappa shape index (κ3) is 3.12. The quantitative estimate of drug-likeness (QED) is 0.209. The molecular weight excluding hydrogens is 168 g/mol. The van der Waals surface area contributed by atoms with Crippen LogP contribution < -0.4 is 16.6 Å². The average Bonchev–Trinajstić information content (AvgIpc) is 2.65. The largest absolute Gasteiger partial charge is 0.355 e. The second-order valence-corrected chi connectivity index (χ2v) is 2.50. The smallest absolute Gasteiger partial charge is 0.205 e. The number of rotatable bonds is 3. The maximum Gasteiger partial charge on any atom is 0.205 e. The first-order chi connectivity index (χ1) is 6.36. The normalized spacial score (nSPS) is 11.4. The Morgan fingerprint density at radius 2 is 2.62 bits per heavy atom. The minimum Gasteiger partial charge on any atom is -0.355 e. The van der Waals surface area contributed by atoms with Crippen molar-refractivity contribution in [2.45, 2.75) is 6.42 Å². The first-order valence-corrected chi connectivity index (χ1v) is 4.01. The second-order valence-electron chi connectivity index (χ2n) is 2.50. The van der Waals surface area contributed by atoms with Gasteiger partial charge < -0.3 is 5.32 Å². The van der Waals surface area contributed by atoms with Gasteiger partial charge in [-0.1, -0.05) is 0 Å². The molecule has 1 aromatic heterocycles. The summed E-state index contributed by atoms with van der Waals surface area (Å²) < 4.78 is 0. The number of aromatic amines is 1. The van der Waals surface area contributed by atoms with Gasteiger partial charge in [0.25, 0.3) is 0 Å². The van der Waals surface area contributed by atoms with Crippen molar-refractivity contribution in [3.63, 3.8) is 0 Å². The van der Waals surface area contributed by atoms with Crippen molar-refractivity contribution in [1.82, 2.24) is 20.9 Å². The molecule has 0 aromatic carbocycles. The minimum atomic E-state index is 0.587. The molecule has 0 unspecified atom stereocenters. The van der Waals surface area contributed by atoms with Crippen LogP contribution in [-0.2, 0) is 6.42 Å². The Bertz CT molecular complexity index is 252. The van der Waals surface area contributed by atoms with E-state index in [1.54, 1.807) is 13.2 Å². The number of aromatic nitrogens is 2. The zero-order chi connectivity index (χ0) is 9.52. The number of nitrogens with zero attached hydrogens (tertiary/aromatic N) is 2. The molecule has 0 bridgehead atoms. The molecule has 6 nitrogen and oxygen atoms in total. The van der Waals surface area contributed by atoms with Crippen LogP contribution in [0.25, 0.3) is 0 Å². The van der Waals surface area contributed by atoms with Gasteiger partial charge in [0.2, 0.25) is 5.96 Å². The van der Waals surface area contributed by atoms with Gasteiger partial charge in [0.05, 0.1) is 6.20 Å². The molecule has 0 atom stereocenters. The lowest BCUT2D eigenvalue weighted by atomic mass is 10.2. The van der Waals surface area contributed by atoms with Gasteiger partial charge in [-0.25, -0.2) is 5.84 Å². The predicted molar refractivity (Wildman–Crippen MR) is 51.0 cm³/mol. The van der Waals surface area contributed by atoms with Gasteiger partial charge >= 0.3 is 0 Å². The van der Waals surface area contributed by atoms with E-state index in [-0.39, 0.29) is 0 Å². The summed E-state index contributed by atoms with van der Waals surface area (Å²) in [4.78, 5) is 3.87. The molecule has 13 heavy (non-hydrogen) atoms. The Morgan fingerprint density at radius 3 is 3.15 bits per heavy atom. The number of nitrogens with one attached hydrogen (secondary N) is 3. The molecule has 72 valence electrons. The topological polar surface area (TPSA) is 91.1 Å². The molecular formula is C7H14N6. The summed E-state index contributed by atoms with van der Waals surface area (Å²) in [6.07, 6.45) is 4.54. The molecule has 0 spiro atoms. The summed E-state index contributed by atoms with van der Waals surface area (Å²) in [6.45, 7) is 0.774. The van der Waals surface area contributed by atoms with Crippen molar-refractivity contribution in [3.8, 4) is 0 Å². The lowest BCUT2D eigenvalue weighted by Crippen LogP contribution is -2.42. The van der Waals surface area contributed by atoms with Gasteiger partial charge in [0.1, 0.15) is 0 Å². The molecule has 1 heterocycles. The molecule has 0 aliphatic carbocycles. The van der Waals surface area contributed by atoms with E-state index in [4.69, 9.17) is 5.84 Å². The Labute approximate surface area is 76.6 Å². The van der Waals surface area contributed by atoms with E-state index in [1.165, 1.54) is 0 Å². The molecule has 0 aliphatic heterocycles. The van der Waals surface area contributed by atoms with Crippen molar-refractivity contribution in [1.29, 1.82) is 0 Å². The highest BCUT2D eigenvalue weighted by molar-refractivity contribution is 5.78. The molecule has 0 amide bonds. The van der Waals surface area contributed by atoms with E-state index in [1.807, 2.05) is 6.20 Å². The summed E-state index contributed by atoms with van der Waals surface area (Å²) in [6, 6.07) is 0. The van der Waals surface area contributed by atoms with E-state index in [9.17, 15) is 0 Å². The molecule has 1 aromatic rings. The molecule has 0 aliphatic rings. The van der Waals surface area contributed by atoms with Crippen molar-refractivity contribution < 1.29 is 0 Å². The fourth-order valence-electron chi connectivity index (χ4n) is 0.934. The molecule has 0 saturated heterocycles. The number of hydrogen-bond donors (Lipinski definition) is 4. The number of hydrazine groups is 1. The van der Waals surface area contributed by atoms with Gasteiger partial charge in [-0.3, -0.25) is 15.5 Å². The maximum absolute atomic E-state index is 5.18. The van der Waals surface area contributed by atoms with E-state index >= 15 is 0 Å². The molecule has 0 radical (unpaired) electrons. The van der Waals surface area contributed by atoms with Crippen molar-refractivity contribution in [2.24, 2.45) is 10.8 Å². The van der Waals surface area contributed by atoms with Crippen LogP contribution >= 0.6 is 0 Å². The first kappa shape index (κ1) is 9.53. The van der Waals surface area contributed by atoms with E-state index in [0.29, 0.717) is 5.96 Å². The number of H-pyrrole nitrogens is 1. The van der Waals surface area contributed by atoms with Gasteiger partial charge in [-0.2, -0.15) is 5.10 Å². The number of hydrogen-bond acceptors (Lipinski definition) is 3. The molecule has 0 fully saturated rings. The van der Waals surface area contributed by atoms with Gasteiger partial charge in [-0.05, 0) is 12.0 Å². The standard InChI is InChI=1S/C7H14N6/c1-9-7(13-8)10-3-2-6-4-11-12-5-6/h4-5H,2-3,8H2,1H3,(H,11,12)(H2,9,10,13). The summed E-state index contributed by atoms with van der Waals surface area (Å²) >= 11 is 0. The van der Waals surface area contributed by atoms with E-state index in [0.717, 1.165) is 18.5 Å². The fraction of sp³-hybridized carbons (Fsp3) is 0.429. The van der Waals surface area contributed by atoms with Gasteiger partial charge in [0, 0.05) is 19.8 Å². The number of aliphatic imine (C=N–C) groups is 1. The Kier molecular flexibility index (Phi) is 3.77. The van der Waals surface area contributed by atoms with Crippen LogP contribution in [0.15, 0.2) is 17.4 Å². The number of guanidine groups is 1. The first-order valence-electron chi connectivity index (χ1n) is 4.01. The predicted octanol–water partition coefficient (Wildman–Crippen LogP) is -1.01. The fourth-order valence-corrected chi connectivity index (χ4v) is 0.934. The highest BCUT2D eigenvalue weighted by atomic mass is 15.3. The van der Waals surface area contributed by atoms with Crippen LogP contribution in [0.1, 0.15) is 5.56 Å². The maximum atomic E-state index is 5.18. The summed E-state index contributed by atoms with van der Waals surface area (Å²) in [5.74, 6) is 5.77. The average molecular weight is 182 g/mol. The minimum absolute atomic E-state index is 0.587. The highest BCUT2D eigenvalue weighted by Crippen LogP contribution is 1.92. The van der Waals surface area contributed by atoms with E-state index < -0.39 is 0 Å². The van der Waals surface area contributed by atoms with Crippen molar-refractivity contribution in [2.75, 3.05) is 13.6 Å². The second kappa shape index (κ2) is 5.15. The SMILES string of the molecule is CN=C(NN)NCCc1cn[nH]c1. The molecule has 5 N–H and O–H groups in total. The van der Waals surface area contributed by atoms with E-state index in [2.05, 4.69) is 25.9 Å². The summed E-state index contributed by atoms with van der Waals surface area (Å²) in [5.41, 5.74) is 3.60. The number of nitrogens with two attached hydrogens (primary N) is 1. The third-order valence-electron chi connectivity index (χ3n) is 1.62. The van der Waals surface area contributed by atoms with Crippen LogP contribution in [0, 0.1) is 0 Å². The Morgan fingerprint density at radius 1 is 1.77 bits per heavy atom. The van der Waals surface area contributed by atoms with Crippen LogP contribution in [0.4, 0.5) is 0 Å². The summed E-state index contributed by atoms with van der Waals surface area (Å²) in [7, 11) is 1.67. The van der Waals surface area contributed by atoms with Crippen LogP contribution in [0.5, 0.6) is 0 Å². The Balaban J connectivity index is 2.21. The molecule has 1 rings (SSSR count). The van der Waals surface area contributed by atoms with Gasteiger partial charge in [0.15, 0.2) is 0 Å². The van der Waals surface area contributed by atoms with Crippen LogP contribution in [-0.4, -0.2) is 29.7 Å². The van der Waals surface area contributed by atoms with Crippen molar-refractivity contribution in [3.05, 3.63) is 18.0 Å². The van der Waals surface area contributed by atoms with Crippen LogP contribution in [0.2, 0.25) is 0 Å². The zero-order valence-electron chi connectivity index (χ0n) is 7.54. The highest BCUT2D eigenvalue weighted by Gasteiger charge is 1.95. The van der Waals surface area contributed by atoms with Crippen molar-refractivity contribution >= 4 is 5.96 Å². The lowest BCUT2D eigenvalue weighted by Gasteiger charge is -2.06. The summed E-state index contributed by atoms with van der Waals surface area (Å²) in [5, 5.41) is 9.61. The molecule has 6 heteroatoms. The van der Waals surface area contributed by atoms with Gasteiger partial charge in [-0.15, -0.1) is 0 Å². The Hall–Kier alpha value is -1.56. The van der Waals surface area contributed by atoms with Crippen LogP contribution in [0.3, 0.4) is 0 Å². The lowest BCUT2D eigenvalue weighted by molar-refractivity contribution is 0.817. The molecule has 0 saturated carbocycles.